The summed E-state index contributed by atoms with van der Waals surface area (Å²) < 4.78 is 25.5. The molecule has 0 aromatic carbocycles. The predicted octanol–water partition coefficient (Wildman–Crippen LogP) is 0.0489. The topological polar surface area (TPSA) is 112 Å². The third-order valence-electron chi connectivity index (χ3n) is 3.91. The summed E-state index contributed by atoms with van der Waals surface area (Å²) in [5.74, 6) is 1.09. The van der Waals surface area contributed by atoms with Crippen LogP contribution in [0.1, 0.15) is 0 Å². The van der Waals surface area contributed by atoms with Gasteiger partial charge in [-0.1, -0.05) is 11.6 Å². The number of piperazine rings is 1. The van der Waals surface area contributed by atoms with Crippen LogP contribution in [0.5, 0.6) is 0 Å². The maximum Gasteiger partial charge on any atom is 0.228 e. The van der Waals surface area contributed by atoms with Gasteiger partial charge in [0.1, 0.15) is 11.0 Å². The summed E-state index contributed by atoms with van der Waals surface area (Å²) in [6.45, 7) is 3.56. The Bertz CT molecular complexity index is 856. The van der Waals surface area contributed by atoms with Crippen molar-refractivity contribution >= 4 is 44.3 Å². The Morgan fingerprint density at radius 3 is 2.80 bits per heavy atom. The molecule has 0 atom stereocenters. The minimum absolute atomic E-state index is 0.0588. The number of nitrogens with one attached hydrogen (secondary N) is 3. The Balaban J connectivity index is 1.91. The molecule has 0 radical (unpaired) electrons. The van der Waals surface area contributed by atoms with E-state index in [1.54, 1.807) is 12.3 Å². The number of hydrogen-bond acceptors (Lipinski definition) is 8. The third-order valence-corrected chi connectivity index (χ3v) is 5.48. The summed E-state index contributed by atoms with van der Waals surface area (Å²) in [6, 6.07) is 1.67. The number of hydrogen-bond donors (Lipinski definition) is 3. The van der Waals surface area contributed by atoms with E-state index in [-0.39, 0.29) is 12.3 Å². The second kappa shape index (κ2) is 7.65. The largest absolute Gasteiger partial charge is 0.368 e. The van der Waals surface area contributed by atoms with Crippen LogP contribution in [0, 0.1) is 0 Å². The first-order valence-corrected chi connectivity index (χ1v) is 9.95. The molecule has 1 aliphatic heterocycles. The molecule has 3 heterocycles. The Morgan fingerprint density at radius 1 is 1.32 bits per heavy atom. The van der Waals surface area contributed by atoms with Gasteiger partial charge in [-0.3, -0.25) is 0 Å². The van der Waals surface area contributed by atoms with E-state index in [9.17, 15) is 8.42 Å². The number of anilines is 2. The highest BCUT2D eigenvalue weighted by molar-refractivity contribution is 7.89. The van der Waals surface area contributed by atoms with Gasteiger partial charge in [-0.2, -0.15) is 4.98 Å². The van der Waals surface area contributed by atoms with Crippen LogP contribution in [0.25, 0.3) is 10.9 Å². The first-order chi connectivity index (χ1) is 12.0. The number of pyridine rings is 1. The Labute approximate surface area is 151 Å². The second-order valence-corrected chi connectivity index (χ2v) is 8.02. The molecule has 3 rings (SSSR count). The molecule has 0 saturated carbocycles. The van der Waals surface area contributed by atoms with E-state index in [2.05, 4.69) is 35.2 Å². The number of halogens is 1. The summed E-state index contributed by atoms with van der Waals surface area (Å²) in [5.41, 5.74) is 0.659. The molecule has 9 nitrogen and oxygen atoms in total. The lowest BCUT2D eigenvalue weighted by Crippen LogP contribution is -2.44. The van der Waals surface area contributed by atoms with Gasteiger partial charge < -0.3 is 15.5 Å². The number of sulfonamides is 1. The minimum atomic E-state index is -3.29. The van der Waals surface area contributed by atoms with E-state index >= 15 is 0 Å². The fourth-order valence-electron chi connectivity index (χ4n) is 2.54. The van der Waals surface area contributed by atoms with Crippen LogP contribution in [0.2, 0.25) is 5.15 Å². The molecule has 11 heteroatoms. The molecule has 0 amide bonds. The smallest absolute Gasteiger partial charge is 0.228 e. The first-order valence-electron chi connectivity index (χ1n) is 7.92. The van der Waals surface area contributed by atoms with Crippen LogP contribution in [0.15, 0.2) is 12.3 Å². The van der Waals surface area contributed by atoms with Crippen LogP contribution in [0.4, 0.5) is 11.8 Å². The normalized spacial score (nSPS) is 15.5. The summed E-state index contributed by atoms with van der Waals surface area (Å²) in [7, 11) is -1.90. The molecular weight excluding hydrogens is 366 g/mol. The van der Waals surface area contributed by atoms with E-state index in [1.165, 1.54) is 7.05 Å². The lowest BCUT2D eigenvalue weighted by Gasteiger charge is -2.28. The van der Waals surface area contributed by atoms with Gasteiger partial charge in [0.05, 0.1) is 17.5 Å². The van der Waals surface area contributed by atoms with Crippen molar-refractivity contribution in [3.05, 3.63) is 17.4 Å². The fourth-order valence-corrected chi connectivity index (χ4v) is 3.27. The molecule has 2 aromatic rings. The fraction of sp³-hybridized carbons (Fsp3) is 0.500. The highest BCUT2D eigenvalue weighted by Gasteiger charge is 2.17. The molecule has 0 spiro atoms. The van der Waals surface area contributed by atoms with Crippen molar-refractivity contribution in [1.29, 1.82) is 0 Å². The van der Waals surface area contributed by atoms with Crippen molar-refractivity contribution in [2.45, 2.75) is 0 Å². The maximum absolute atomic E-state index is 11.6. The van der Waals surface area contributed by atoms with Gasteiger partial charge in [0.15, 0.2) is 0 Å². The SMILES string of the molecule is CNS(=O)(=O)CCNc1nc(N2CCNCC2)nc2cnc(Cl)cc12. The van der Waals surface area contributed by atoms with Crippen molar-refractivity contribution < 1.29 is 8.42 Å². The summed E-state index contributed by atoms with van der Waals surface area (Å²) >= 11 is 5.99. The van der Waals surface area contributed by atoms with Crippen LogP contribution in [-0.2, 0) is 10.0 Å². The average Bonchev–Trinajstić information content (AvgIpc) is 2.62. The predicted molar refractivity (Wildman–Crippen MR) is 98.8 cm³/mol. The third kappa shape index (κ3) is 4.46. The Kier molecular flexibility index (Phi) is 5.52. The Morgan fingerprint density at radius 2 is 2.08 bits per heavy atom. The second-order valence-electron chi connectivity index (χ2n) is 5.58. The molecular formula is C14H20ClN7O2S. The van der Waals surface area contributed by atoms with Crippen molar-refractivity contribution in [1.82, 2.24) is 25.0 Å². The van der Waals surface area contributed by atoms with Crippen LogP contribution < -0.4 is 20.3 Å². The lowest BCUT2D eigenvalue weighted by molar-refractivity contribution is 0.580. The van der Waals surface area contributed by atoms with Crippen molar-refractivity contribution in [2.75, 3.05) is 55.7 Å². The molecule has 2 aromatic heterocycles. The first kappa shape index (κ1) is 18.1. The van der Waals surface area contributed by atoms with E-state index in [0.717, 1.165) is 26.2 Å². The Hall–Kier alpha value is -1.75. The molecule has 0 unspecified atom stereocenters. The number of fused-ring (bicyclic) bond motifs is 1. The number of nitrogens with zero attached hydrogens (tertiary/aromatic N) is 4. The van der Waals surface area contributed by atoms with Gasteiger partial charge in [0, 0.05) is 38.1 Å². The standard InChI is InChI=1S/C14H20ClN7O2S/c1-16-25(23,24)7-4-18-13-10-8-12(15)19-9-11(10)20-14(21-13)22-5-2-17-3-6-22/h8-9,16-17H,2-7H2,1H3,(H,18,20,21). The molecule has 1 saturated heterocycles. The van der Waals surface area contributed by atoms with E-state index in [4.69, 9.17) is 11.6 Å². The molecule has 1 fully saturated rings. The van der Waals surface area contributed by atoms with Crippen LogP contribution in [0.3, 0.4) is 0 Å². The molecule has 3 N–H and O–H groups in total. The van der Waals surface area contributed by atoms with Crippen molar-refractivity contribution in [2.24, 2.45) is 0 Å². The highest BCUT2D eigenvalue weighted by atomic mass is 35.5. The summed E-state index contributed by atoms with van der Waals surface area (Å²) in [4.78, 5) is 15.3. The van der Waals surface area contributed by atoms with E-state index in [1.807, 2.05) is 0 Å². The van der Waals surface area contributed by atoms with Crippen molar-refractivity contribution in [3.63, 3.8) is 0 Å². The maximum atomic E-state index is 11.6. The van der Waals surface area contributed by atoms with E-state index < -0.39 is 10.0 Å². The highest BCUT2D eigenvalue weighted by Crippen LogP contribution is 2.25. The zero-order valence-corrected chi connectivity index (χ0v) is 15.4. The molecule has 0 aliphatic carbocycles. The van der Waals surface area contributed by atoms with E-state index in [0.29, 0.717) is 27.8 Å². The van der Waals surface area contributed by atoms with Gasteiger partial charge in [0.2, 0.25) is 16.0 Å². The van der Waals surface area contributed by atoms with Gasteiger partial charge in [-0.15, -0.1) is 0 Å². The molecule has 25 heavy (non-hydrogen) atoms. The number of aromatic nitrogens is 3. The number of rotatable bonds is 6. The molecule has 136 valence electrons. The van der Waals surface area contributed by atoms with Gasteiger partial charge in [-0.05, 0) is 13.1 Å². The summed E-state index contributed by atoms with van der Waals surface area (Å²) in [5, 5.41) is 7.41. The van der Waals surface area contributed by atoms with Gasteiger partial charge in [-0.25, -0.2) is 23.1 Å². The monoisotopic (exact) mass is 385 g/mol. The van der Waals surface area contributed by atoms with Gasteiger partial charge in [0.25, 0.3) is 0 Å². The summed E-state index contributed by atoms with van der Waals surface area (Å²) in [6.07, 6.45) is 1.60. The van der Waals surface area contributed by atoms with Gasteiger partial charge >= 0.3 is 0 Å². The lowest BCUT2D eigenvalue weighted by atomic mass is 10.3. The zero-order chi connectivity index (χ0) is 17.9. The van der Waals surface area contributed by atoms with Crippen molar-refractivity contribution in [3.8, 4) is 0 Å². The van der Waals surface area contributed by atoms with Crippen LogP contribution >= 0.6 is 11.6 Å². The average molecular weight is 386 g/mol. The molecule has 1 aliphatic rings. The zero-order valence-electron chi connectivity index (χ0n) is 13.8. The quantitative estimate of drug-likeness (QED) is 0.598. The molecule has 0 bridgehead atoms. The van der Waals surface area contributed by atoms with Crippen LogP contribution in [-0.4, -0.2) is 68.9 Å². The minimum Gasteiger partial charge on any atom is -0.368 e.